The maximum absolute atomic E-state index is 12.5. The topological polar surface area (TPSA) is 56.1 Å². The number of hydrogen-bond acceptors (Lipinski definition) is 3. The first-order valence-corrected chi connectivity index (χ1v) is 12.5. The van der Waals surface area contributed by atoms with Crippen LogP contribution in [-0.4, -0.2) is 28.6 Å². The van der Waals surface area contributed by atoms with Crippen LogP contribution in [0, 0.1) is 19.8 Å². The van der Waals surface area contributed by atoms with Crippen molar-refractivity contribution in [2.24, 2.45) is 5.92 Å². The molecule has 5 heteroatoms. The van der Waals surface area contributed by atoms with Gasteiger partial charge in [0, 0.05) is 25.4 Å². The highest BCUT2D eigenvalue weighted by Crippen LogP contribution is 2.24. The van der Waals surface area contributed by atoms with E-state index in [1.54, 1.807) is 0 Å². The Hall–Kier alpha value is -2.82. The lowest BCUT2D eigenvalue weighted by Gasteiger charge is -2.20. The monoisotopic (exact) mass is 447 g/mol. The van der Waals surface area contributed by atoms with Crippen molar-refractivity contribution < 1.29 is 9.53 Å². The maximum atomic E-state index is 12.5. The lowest BCUT2D eigenvalue weighted by Crippen LogP contribution is -2.33. The van der Waals surface area contributed by atoms with Gasteiger partial charge >= 0.3 is 0 Å². The number of carbonyl (C=O) groups excluding carboxylic acids is 1. The summed E-state index contributed by atoms with van der Waals surface area (Å²) in [4.78, 5) is 17.4. The Labute approximate surface area is 197 Å². The van der Waals surface area contributed by atoms with E-state index < -0.39 is 0 Å². The molecular formula is C28H37N3O2. The van der Waals surface area contributed by atoms with Crippen LogP contribution in [-0.2, 0) is 17.8 Å². The summed E-state index contributed by atoms with van der Waals surface area (Å²) < 4.78 is 8.30. The zero-order chi connectivity index (χ0) is 23.0. The fraction of sp³-hybridized carbons (Fsp3) is 0.500. The molecule has 1 aromatic heterocycles. The molecule has 0 saturated heterocycles. The number of nitrogens with zero attached hydrogens (tertiary/aromatic N) is 2. The number of amides is 1. The third kappa shape index (κ3) is 6.37. The summed E-state index contributed by atoms with van der Waals surface area (Å²) >= 11 is 0. The summed E-state index contributed by atoms with van der Waals surface area (Å²) in [5, 5.41) is 3.16. The van der Waals surface area contributed by atoms with Crippen molar-refractivity contribution >= 4 is 16.9 Å². The first-order chi connectivity index (χ1) is 16.1. The average Bonchev–Trinajstić information content (AvgIpc) is 3.16. The molecule has 0 atom stereocenters. The van der Waals surface area contributed by atoms with E-state index >= 15 is 0 Å². The number of fused-ring (bicyclic) bond motifs is 1. The SMILES string of the molecule is Cc1cc(C)cc(OCCCCn2c(CCNC(=O)C3CCCCC3)nc3ccccc32)c1. The molecule has 0 radical (unpaired) electrons. The standard InChI is InChI=1S/C28H37N3O2/c1-21-18-22(2)20-24(19-21)33-17-9-8-16-31-26-13-7-6-12-25(26)30-27(31)14-15-29-28(32)23-10-4-3-5-11-23/h6-7,12-13,18-20,23H,3-5,8-11,14-17H2,1-2H3,(H,29,32). The number of nitrogens with one attached hydrogen (secondary N) is 1. The fourth-order valence-corrected chi connectivity index (χ4v) is 4.95. The van der Waals surface area contributed by atoms with Gasteiger partial charge in [-0.3, -0.25) is 4.79 Å². The minimum atomic E-state index is 0.203. The molecule has 4 rings (SSSR count). The summed E-state index contributed by atoms with van der Waals surface area (Å²) in [6, 6.07) is 14.7. The second-order valence-corrected chi connectivity index (χ2v) is 9.42. The van der Waals surface area contributed by atoms with Crippen molar-refractivity contribution in [1.82, 2.24) is 14.9 Å². The van der Waals surface area contributed by atoms with Gasteiger partial charge in [0.25, 0.3) is 0 Å². The molecule has 3 aromatic rings. The molecule has 1 N–H and O–H groups in total. The van der Waals surface area contributed by atoms with Crippen molar-refractivity contribution in [3.05, 3.63) is 59.4 Å². The van der Waals surface area contributed by atoms with E-state index in [1.165, 1.54) is 35.9 Å². The number of ether oxygens (including phenoxy) is 1. The van der Waals surface area contributed by atoms with Crippen LogP contribution in [0.1, 0.15) is 61.9 Å². The molecule has 1 aliphatic rings. The van der Waals surface area contributed by atoms with E-state index in [0.717, 1.165) is 55.7 Å². The highest BCUT2D eigenvalue weighted by atomic mass is 16.5. The number of aryl methyl sites for hydroxylation is 3. The first-order valence-electron chi connectivity index (χ1n) is 12.5. The number of benzene rings is 2. The van der Waals surface area contributed by atoms with Crippen molar-refractivity contribution in [2.45, 2.75) is 71.8 Å². The Bertz CT molecular complexity index is 1050. The zero-order valence-electron chi connectivity index (χ0n) is 20.1. The maximum Gasteiger partial charge on any atom is 0.223 e. The minimum Gasteiger partial charge on any atom is -0.494 e. The van der Waals surface area contributed by atoms with E-state index in [9.17, 15) is 4.79 Å². The van der Waals surface area contributed by atoms with E-state index in [-0.39, 0.29) is 11.8 Å². The quantitative estimate of drug-likeness (QED) is 0.403. The van der Waals surface area contributed by atoms with Gasteiger partial charge in [-0.25, -0.2) is 4.98 Å². The Morgan fingerprint density at radius 2 is 1.82 bits per heavy atom. The van der Waals surface area contributed by atoms with Crippen LogP contribution in [0.3, 0.4) is 0 Å². The highest BCUT2D eigenvalue weighted by molar-refractivity contribution is 5.78. The number of para-hydroxylation sites is 2. The molecule has 1 saturated carbocycles. The third-order valence-corrected chi connectivity index (χ3v) is 6.60. The number of aromatic nitrogens is 2. The van der Waals surface area contributed by atoms with Gasteiger partial charge in [0.05, 0.1) is 17.6 Å². The second kappa shape index (κ2) is 11.4. The Morgan fingerprint density at radius 1 is 1.06 bits per heavy atom. The van der Waals surface area contributed by atoms with Gasteiger partial charge in [0.2, 0.25) is 5.91 Å². The number of rotatable bonds is 10. The number of imidazole rings is 1. The summed E-state index contributed by atoms with van der Waals surface area (Å²) in [6.45, 7) is 6.46. The van der Waals surface area contributed by atoms with Gasteiger partial charge in [-0.1, -0.05) is 37.5 Å². The summed E-state index contributed by atoms with van der Waals surface area (Å²) in [6.07, 6.45) is 8.46. The molecule has 5 nitrogen and oxygen atoms in total. The molecule has 33 heavy (non-hydrogen) atoms. The normalized spacial score (nSPS) is 14.5. The van der Waals surface area contributed by atoms with E-state index in [0.29, 0.717) is 13.2 Å². The molecule has 0 spiro atoms. The van der Waals surface area contributed by atoms with Crippen LogP contribution in [0.5, 0.6) is 5.75 Å². The fourth-order valence-electron chi connectivity index (χ4n) is 4.95. The van der Waals surface area contributed by atoms with Crippen LogP contribution in [0.25, 0.3) is 11.0 Å². The van der Waals surface area contributed by atoms with Crippen molar-refractivity contribution in [3.8, 4) is 5.75 Å². The van der Waals surface area contributed by atoms with Crippen LogP contribution >= 0.6 is 0 Å². The smallest absolute Gasteiger partial charge is 0.223 e. The molecule has 1 amide bonds. The van der Waals surface area contributed by atoms with Gasteiger partial charge in [0.1, 0.15) is 11.6 Å². The minimum absolute atomic E-state index is 0.203. The number of hydrogen-bond donors (Lipinski definition) is 1. The molecular weight excluding hydrogens is 410 g/mol. The summed E-state index contributed by atoms with van der Waals surface area (Å²) in [5.74, 6) is 2.43. The van der Waals surface area contributed by atoms with Crippen LogP contribution < -0.4 is 10.1 Å². The predicted molar refractivity (Wildman–Crippen MR) is 134 cm³/mol. The molecule has 1 heterocycles. The van der Waals surface area contributed by atoms with Gasteiger partial charge in [-0.05, 0) is 74.9 Å². The first kappa shape index (κ1) is 23.3. The van der Waals surface area contributed by atoms with Gasteiger partial charge in [-0.15, -0.1) is 0 Å². The van der Waals surface area contributed by atoms with Gasteiger partial charge in [0.15, 0.2) is 0 Å². The molecule has 0 bridgehead atoms. The molecule has 0 aliphatic heterocycles. The Balaban J connectivity index is 1.30. The zero-order valence-corrected chi connectivity index (χ0v) is 20.1. The molecule has 1 fully saturated rings. The number of unbranched alkanes of at least 4 members (excludes halogenated alkanes) is 1. The van der Waals surface area contributed by atoms with E-state index in [4.69, 9.17) is 9.72 Å². The van der Waals surface area contributed by atoms with Gasteiger partial charge < -0.3 is 14.6 Å². The lowest BCUT2D eigenvalue weighted by molar-refractivity contribution is -0.125. The highest BCUT2D eigenvalue weighted by Gasteiger charge is 2.20. The van der Waals surface area contributed by atoms with Crippen molar-refractivity contribution in [1.29, 1.82) is 0 Å². The Morgan fingerprint density at radius 3 is 2.61 bits per heavy atom. The van der Waals surface area contributed by atoms with E-state index in [1.807, 2.05) is 6.07 Å². The molecule has 0 unspecified atom stereocenters. The van der Waals surface area contributed by atoms with Crippen LogP contribution in [0.4, 0.5) is 0 Å². The van der Waals surface area contributed by atoms with Crippen molar-refractivity contribution in [2.75, 3.05) is 13.2 Å². The summed E-state index contributed by atoms with van der Waals surface area (Å²) in [7, 11) is 0. The summed E-state index contributed by atoms with van der Waals surface area (Å²) in [5.41, 5.74) is 4.66. The molecule has 176 valence electrons. The van der Waals surface area contributed by atoms with Crippen LogP contribution in [0.15, 0.2) is 42.5 Å². The molecule has 1 aliphatic carbocycles. The largest absolute Gasteiger partial charge is 0.494 e. The van der Waals surface area contributed by atoms with Crippen LogP contribution in [0.2, 0.25) is 0 Å². The molecule has 2 aromatic carbocycles. The predicted octanol–water partition coefficient (Wildman–Crippen LogP) is 5.75. The van der Waals surface area contributed by atoms with Gasteiger partial charge in [-0.2, -0.15) is 0 Å². The third-order valence-electron chi connectivity index (χ3n) is 6.60. The Kier molecular flexibility index (Phi) is 8.03. The number of carbonyl (C=O) groups is 1. The lowest BCUT2D eigenvalue weighted by atomic mass is 9.89. The van der Waals surface area contributed by atoms with E-state index in [2.05, 4.69) is 60.1 Å². The average molecular weight is 448 g/mol. The second-order valence-electron chi connectivity index (χ2n) is 9.42. The van der Waals surface area contributed by atoms with Crippen molar-refractivity contribution in [3.63, 3.8) is 0 Å².